The van der Waals surface area contributed by atoms with Gasteiger partial charge in [-0.3, -0.25) is 4.79 Å². The third-order valence-electron chi connectivity index (χ3n) is 5.35. The lowest BCUT2D eigenvalue weighted by Crippen LogP contribution is -2.42. The summed E-state index contributed by atoms with van der Waals surface area (Å²) in [6.07, 6.45) is 0.225. The minimum absolute atomic E-state index is 0.0529. The molecule has 0 spiro atoms. The zero-order valence-corrected chi connectivity index (χ0v) is 20.7. The molecule has 1 atom stereocenters. The summed E-state index contributed by atoms with van der Waals surface area (Å²) in [5, 5.41) is 31.7. The smallest absolute Gasteiger partial charge is 0.222 e. The van der Waals surface area contributed by atoms with Crippen molar-refractivity contribution < 1.29 is 24.3 Å². The number of hydrogen-bond acceptors (Lipinski definition) is 6. The van der Waals surface area contributed by atoms with E-state index in [0.29, 0.717) is 6.54 Å². The van der Waals surface area contributed by atoms with E-state index < -0.39 is 5.97 Å². The number of aromatic hydroxyl groups is 1. The Morgan fingerprint density at radius 3 is 1.97 bits per heavy atom. The average Bonchev–Trinajstić information content (AvgIpc) is 3.27. The van der Waals surface area contributed by atoms with Crippen molar-refractivity contribution in [3.8, 4) is 5.75 Å². The fraction of sp³-hybridized carbons (Fsp3) is 0.259. The molecule has 0 aliphatic carbocycles. The van der Waals surface area contributed by atoms with E-state index in [0.717, 1.165) is 27.6 Å². The predicted octanol–water partition coefficient (Wildman–Crippen LogP) is 1.99. The van der Waals surface area contributed by atoms with Crippen LogP contribution in [-0.4, -0.2) is 70.7 Å². The first-order chi connectivity index (χ1) is 17.1. The molecular weight excluding hydrogens is 458 g/mol. The Kier molecular flexibility index (Phi) is 8.75. The number of carboxylic acid groups (broad SMARTS) is 1. The monoisotopic (exact) mass is 489 g/mol. The zero-order chi connectivity index (χ0) is 26.1. The van der Waals surface area contributed by atoms with E-state index in [9.17, 15) is 19.8 Å². The minimum Gasteiger partial charge on any atom is -0.545 e. The molecule has 2 N–H and O–H groups in total. The highest BCUT2D eigenvalue weighted by Gasteiger charge is 2.21. The van der Waals surface area contributed by atoms with Crippen LogP contribution in [0.2, 0.25) is 0 Å². The second-order valence-corrected chi connectivity index (χ2v) is 9.34. The molecule has 4 rings (SSSR count). The van der Waals surface area contributed by atoms with Crippen LogP contribution in [0.1, 0.15) is 28.4 Å². The number of likely N-dealkylation sites (N-methyl/N-ethyl adjacent to an activating group) is 1. The molecule has 0 fully saturated rings. The van der Waals surface area contributed by atoms with E-state index in [1.54, 1.807) is 47.3 Å². The van der Waals surface area contributed by atoms with Gasteiger partial charge < -0.3 is 24.8 Å². The number of benzene rings is 3. The van der Waals surface area contributed by atoms with Gasteiger partial charge in [-0.2, -0.15) is 15.0 Å². The van der Waals surface area contributed by atoms with E-state index in [1.165, 1.54) is 12.1 Å². The largest absolute Gasteiger partial charge is 0.545 e. The third-order valence-corrected chi connectivity index (χ3v) is 5.35. The molecule has 1 heterocycles. The van der Waals surface area contributed by atoms with Crippen LogP contribution in [0.3, 0.4) is 0 Å². The SMILES string of the molecule is C[N+](C)(C)CCNC(=O)CC(c1ccc(O)cc1)n1nc2ccccc2n1.O=C([O-])c1ccccc1. The molecule has 0 aliphatic rings. The summed E-state index contributed by atoms with van der Waals surface area (Å²) in [7, 11) is 6.26. The Morgan fingerprint density at radius 2 is 1.47 bits per heavy atom. The van der Waals surface area contributed by atoms with Gasteiger partial charge in [0, 0.05) is 0 Å². The second kappa shape index (κ2) is 11.9. The maximum Gasteiger partial charge on any atom is 0.222 e. The number of carboxylic acids is 1. The molecule has 0 aliphatic heterocycles. The van der Waals surface area contributed by atoms with Crippen molar-refractivity contribution in [1.29, 1.82) is 0 Å². The van der Waals surface area contributed by atoms with Crippen molar-refractivity contribution in [2.75, 3.05) is 34.2 Å². The van der Waals surface area contributed by atoms with Crippen LogP contribution in [0.4, 0.5) is 0 Å². The zero-order valence-electron chi connectivity index (χ0n) is 20.7. The van der Waals surface area contributed by atoms with Crippen LogP contribution in [0.15, 0.2) is 78.9 Å². The fourth-order valence-corrected chi connectivity index (χ4v) is 3.40. The van der Waals surface area contributed by atoms with Gasteiger partial charge in [-0.15, -0.1) is 0 Å². The summed E-state index contributed by atoms with van der Waals surface area (Å²) < 4.78 is 0.785. The number of nitrogens with zero attached hydrogens (tertiary/aromatic N) is 4. The summed E-state index contributed by atoms with van der Waals surface area (Å²) >= 11 is 0. The van der Waals surface area contributed by atoms with Gasteiger partial charge in [0.2, 0.25) is 5.91 Å². The predicted molar refractivity (Wildman–Crippen MR) is 135 cm³/mol. The van der Waals surface area contributed by atoms with Gasteiger partial charge in [-0.1, -0.05) is 54.6 Å². The lowest BCUT2D eigenvalue weighted by molar-refractivity contribution is -0.869. The molecule has 0 saturated heterocycles. The number of fused-ring (bicyclic) bond motifs is 1. The Balaban J connectivity index is 0.000000338. The summed E-state index contributed by atoms with van der Waals surface area (Å²) in [5.74, 6) is -0.998. The van der Waals surface area contributed by atoms with Crippen LogP contribution in [0.5, 0.6) is 5.75 Å². The van der Waals surface area contributed by atoms with Gasteiger partial charge in [0.25, 0.3) is 0 Å². The van der Waals surface area contributed by atoms with Gasteiger partial charge in [-0.05, 0) is 35.4 Å². The molecule has 9 nitrogen and oxygen atoms in total. The number of aromatic nitrogens is 3. The molecule has 9 heteroatoms. The number of quaternary nitrogens is 1. The van der Waals surface area contributed by atoms with Crippen molar-refractivity contribution in [3.63, 3.8) is 0 Å². The standard InChI is InChI=1S/C20H25N5O2.C7H6O2/c1-25(2,3)13-12-21-20(27)14-19(15-8-10-16(26)11-9-15)24-22-17-6-4-5-7-18(17)23-24;8-7(9)6-4-2-1-3-5-6/h4-11,19H,12-14H2,1-3H3,(H-,21,26,27);1-5H,(H,8,9). The van der Waals surface area contributed by atoms with Crippen molar-refractivity contribution in [2.45, 2.75) is 12.5 Å². The highest BCUT2D eigenvalue weighted by molar-refractivity contribution is 5.85. The highest BCUT2D eigenvalue weighted by Crippen LogP contribution is 2.24. The maximum atomic E-state index is 12.5. The molecule has 1 unspecified atom stereocenters. The molecule has 1 amide bonds. The van der Waals surface area contributed by atoms with Crippen molar-refractivity contribution in [3.05, 3.63) is 90.0 Å². The van der Waals surface area contributed by atoms with Crippen molar-refractivity contribution in [2.24, 2.45) is 0 Å². The van der Waals surface area contributed by atoms with E-state index >= 15 is 0 Å². The molecule has 4 aromatic rings. The van der Waals surface area contributed by atoms with E-state index in [1.807, 2.05) is 24.3 Å². The Hall–Kier alpha value is -4.24. The summed E-state index contributed by atoms with van der Waals surface area (Å²) in [6, 6.07) is 22.2. The maximum absolute atomic E-state index is 12.5. The third kappa shape index (κ3) is 7.92. The molecule has 188 valence electrons. The van der Waals surface area contributed by atoms with E-state index in [-0.39, 0.29) is 29.7 Å². The Morgan fingerprint density at radius 1 is 0.917 bits per heavy atom. The average molecular weight is 490 g/mol. The number of rotatable bonds is 8. The lowest BCUT2D eigenvalue weighted by atomic mass is 10.0. The first-order valence-corrected chi connectivity index (χ1v) is 11.6. The van der Waals surface area contributed by atoms with Gasteiger partial charge in [0.15, 0.2) is 0 Å². The van der Waals surface area contributed by atoms with Gasteiger partial charge in [-0.25, -0.2) is 0 Å². The lowest BCUT2D eigenvalue weighted by Gasteiger charge is -2.24. The normalized spacial score (nSPS) is 11.9. The van der Waals surface area contributed by atoms with Crippen LogP contribution >= 0.6 is 0 Å². The second-order valence-electron chi connectivity index (χ2n) is 9.34. The fourth-order valence-electron chi connectivity index (χ4n) is 3.40. The van der Waals surface area contributed by atoms with Crippen LogP contribution in [-0.2, 0) is 4.79 Å². The minimum atomic E-state index is -1.13. The van der Waals surface area contributed by atoms with Crippen molar-refractivity contribution >= 4 is 22.9 Å². The van der Waals surface area contributed by atoms with Crippen LogP contribution in [0, 0.1) is 0 Å². The highest BCUT2D eigenvalue weighted by atomic mass is 16.4. The van der Waals surface area contributed by atoms with Gasteiger partial charge in [0.1, 0.15) is 22.8 Å². The van der Waals surface area contributed by atoms with Crippen molar-refractivity contribution in [1.82, 2.24) is 20.3 Å². The Bertz CT molecular complexity index is 1250. The summed E-state index contributed by atoms with van der Waals surface area (Å²) in [6.45, 7) is 1.46. The Labute approximate surface area is 210 Å². The van der Waals surface area contributed by atoms with Crippen LogP contribution < -0.4 is 10.4 Å². The van der Waals surface area contributed by atoms with Gasteiger partial charge >= 0.3 is 0 Å². The molecule has 0 bridgehead atoms. The quantitative estimate of drug-likeness (QED) is 0.365. The van der Waals surface area contributed by atoms with Crippen LogP contribution in [0.25, 0.3) is 11.0 Å². The first kappa shape index (κ1) is 26.4. The number of aromatic carboxylic acids is 1. The molecule has 1 aromatic heterocycles. The number of nitrogens with one attached hydrogen (secondary N) is 1. The van der Waals surface area contributed by atoms with E-state index in [2.05, 4.69) is 36.7 Å². The van der Waals surface area contributed by atoms with E-state index in [4.69, 9.17) is 0 Å². The number of phenolic OH excluding ortho intramolecular Hbond substituents is 1. The number of carbonyl (C=O) groups excluding carboxylic acids is 2. The molecule has 0 saturated carbocycles. The number of hydrogen-bond donors (Lipinski definition) is 2. The van der Waals surface area contributed by atoms with Gasteiger partial charge in [0.05, 0.1) is 46.6 Å². The first-order valence-electron chi connectivity index (χ1n) is 11.6. The number of phenols is 1. The number of amides is 1. The summed E-state index contributed by atoms with van der Waals surface area (Å²) in [4.78, 5) is 24.2. The molecule has 36 heavy (non-hydrogen) atoms. The summed E-state index contributed by atoms with van der Waals surface area (Å²) in [5.41, 5.74) is 2.66. The molecule has 0 radical (unpaired) electrons. The molecule has 3 aromatic carbocycles. The number of carbonyl (C=O) groups is 2. The topological polar surface area (TPSA) is 120 Å². The molecular formula is C27H31N5O4.